The summed E-state index contributed by atoms with van der Waals surface area (Å²) in [5.41, 5.74) is 0. The van der Waals surface area contributed by atoms with Crippen molar-refractivity contribution in [3.63, 3.8) is 0 Å². The van der Waals surface area contributed by atoms with Crippen LogP contribution < -0.4 is 0 Å². The van der Waals surface area contributed by atoms with Crippen LogP contribution in [-0.4, -0.2) is 37.2 Å². The first kappa shape index (κ1) is 75.1. The summed E-state index contributed by atoms with van der Waals surface area (Å²) in [5, 5.41) is 0. The molecule has 1 atom stereocenters. The van der Waals surface area contributed by atoms with E-state index < -0.39 is 6.10 Å². The van der Waals surface area contributed by atoms with E-state index in [1.54, 1.807) is 0 Å². The van der Waals surface area contributed by atoms with E-state index in [0.717, 1.165) is 141 Å². The summed E-state index contributed by atoms with van der Waals surface area (Å²) in [5.74, 6) is -0.915. The molecule has 0 spiro atoms. The Hall–Kier alpha value is -3.93. The lowest BCUT2D eigenvalue weighted by molar-refractivity contribution is -0.167. The summed E-state index contributed by atoms with van der Waals surface area (Å²) < 4.78 is 16.9. The molecule has 0 saturated carbocycles. The Morgan fingerprint density at radius 2 is 0.519 bits per heavy atom. The number of carbonyl (C=O) groups excluding carboxylic acids is 3. The molecule has 0 aliphatic rings. The number of unbranched alkanes of at least 4 members (excludes halogenated alkanes) is 31. The van der Waals surface area contributed by atoms with Crippen LogP contribution in [0.3, 0.4) is 0 Å². The summed E-state index contributed by atoms with van der Waals surface area (Å²) in [7, 11) is 0. The van der Waals surface area contributed by atoms with Gasteiger partial charge in [-0.1, -0.05) is 304 Å². The minimum absolute atomic E-state index is 0.0892. The van der Waals surface area contributed by atoms with E-state index in [2.05, 4.69) is 130 Å². The molecule has 1 unspecified atom stereocenters. The minimum Gasteiger partial charge on any atom is -0.462 e. The predicted octanol–water partition coefficient (Wildman–Crippen LogP) is 23.0. The van der Waals surface area contributed by atoms with Gasteiger partial charge < -0.3 is 14.2 Å². The number of allylic oxidation sites excluding steroid dienone is 18. The van der Waals surface area contributed by atoms with Crippen LogP contribution in [0, 0.1) is 0 Å². The van der Waals surface area contributed by atoms with Crippen molar-refractivity contribution in [1.29, 1.82) is 0 Å². The Balaban J connectivity index is 4.29. The van der Waals surface area contributed by atoms with Gasteiger partial charge in [-0.2, -0.15) is 0 Å². The largest absolute Gasteiger partial charge is 0.462 e. The fourth-order valence-electron chi connectivity index (χ4n) is 9.29. The van der Waals surface area contributed by atoms with Crippen LogP contribution in [-0.2, 0) is 28.6 Å². The zero-order valence-corrected chi connectivity index (χ0v) is 51.9. The van der Waals surface area contributed by atoms with E-state index in [1.807, 2.05) is 0 Å². The SMILES string of the molecule is CC/C=C\C/C=C\C/C=C\C/C=C\C/C=C\C/C=C\C/C=C\C/C=C\CCCCCCC(=O)OCC(COC(=O)CCCCCCC/C=C\CCC)OC(=O)CCCCCCCCCCCCCCCCCCCCCCCC. The minimum atomic E-state index is -0.792. The molecule has 0 aromatic carbocycles. The number of rotatable bonds is 60. The molecule has 0 aliphatic heterocycles. The number of hydrogen-bond donors (Lipinski definition) is 0. The molecule has 0 aromatic heterocycles. The van der Waals surface area contributed by atoms with Gasteiger partial charge in [-0.05, 0) is 103 Å². The zero-order valence-electron chi connectivity index (χ0n) is 51.9. The van der Waals surface area contributed by atoms with Gasteiger partial charge in [0, 0.05) is 19.3 Å². The Kier molecular flexibility index (Phi) is 63.3. The van der Waals surface area contributed by atoms with Crippen LogP contribution in [0.25, 0.3) is 0 Å². The first-order chi connectivity index (χ1) is 39.0. The topological polar surface area (TPSA) is 78.9 Å². The average molecular weight is 1100 g/mol. The van der Waals surface area contributed by atoms with Gasteiger partial charge in [-0.15, -0.1) is 0 Å². The van der Waals surface area contributed by atoms with Crippen molar-refractivity contribution in [2.24, 2.45) is 0 Å². The van der Waals surface area contributed by atoms with Gasteiger partial charge in [-0.3, -0.25) is 14.4 Å². The van der Waals surface area contributed by atoms with E-state index in [9.17, 15) is 14.4 Å². The van der Waals surface area contributed by atoms with Crippen molar-refractivity contribution in [2.45, 2.75) is 322 Å². The van der Waals surface area contributed by atoms with Gasteiger partial charge in [0.25, 0.3) is 0 Å². The van der Waals surface area contributed by atoms with E-state index in [1.165, 1.54) is 135 Å². The highest BCUT2D eigenvalue weighted by molar-refractivity contribution is 5.71. The molecule has 0 amide bonds. The lowest BCUT2D eigenvalue weighted by Gasteiger charge is -2.18. The third-order valence-corrected chi connectivity index (χ3v) is 14.2. The van der Waals surface area contributed by atoms with Crippen LogP contribution >= 0.6 is 0 Å². The lowest BCUT2D eigenvalue weighted by atomic mass is 10.0. The Labute approximate surface area is 489 Å². The van der Waals surface area contributed by atoms with Crippen molar-refractivity contribution in [3.8, 4) is 0 Å². The van der Waals surface area contributed by atoms with Crippen LogP contribution in [0.4, 0.5) is 0 Å². The molecule has 0 radical (unpaired) electrons. The molecule has 0 fully saturated rings. The molecule has 0 rings (SSSR count). The molecule has 452 valence electrons. The third-order valence-electron chi connectivity index (χ3n) is 14.2. The highest BCUT2D eigenvalue weighted by Crippen LogP contribution is 2.17. The van der Waals surface area contributed by atoms with Crippen molar-refractivity contribution in [3.05, 3.63) is 109 Å². The average Bonchev–Trinajstić information content (AvgIpc) is 3.45. The zero-order chi connectivity index (χ0) is 57.1. The van der Waals surface area contributed by atoms with Crippen LogP contribution in [0.5, 0.6) is 0 Å². The molecule has 6 heteroatoms. The first-order valence-corrected chi connectivity index (χ1v) is 33.4. The van der Waals surface area contributed by atoms with Gasteiger partial charge >= 0.3 is 17.9 Å². The monoisotopic (exact) mass is 1100 g/mol. The third kappa shape index (κ3) is 64.8. The predicted molar refractivity (Wildman–Crippen MR) is 343 cm³/mol. The van der Waals surface area contributed by atoms with Crippen molar-refractivity contribution >= 4 is 17.9 Å². The molecular weight excluding hydrogens is 973 g/mol. The van der Waals surface area contributed by atoms with Crippen LogP contribution in [0.15, 0.2) is 109 Å². The van der Waals surface area contributed by atoms with E-state index in [-0.39, 0.29) is 31.1 Å². The standard InChI is InChI=1S/C73H124O6/c1-4-7-10-13-16-19-22-24-26-28-30-32-34-35-36-37-38-39-40-42-43-45-47-49-51-54-57-60-63-66-72(75)78-69-70(68-77-71(74)65-62-59-56-53-21-18-15-12-9-6-3)79-73(76)67-64-61-58-55-52-50-48-46-44-41-33-31-29-27-25-23-20-17-14-11-8-5-2/h7,10,12,15-16,19,24,26,30,32,35-36,38-39,42-43,47,49,70H,4-6,8-9,11,13-14,17-18,20-23,25,27-29,31,33-34,37,40-41,44-46,48,50-69H2,1-3H3/b10-7-,15-12-,19-16-,26-24-,32-30-,36-35-,39-38-,43-42-,49-47-. The highest BCUT2D eigenvalue weighted by atomic mass is 16.6. The fourth-order valence-corrected chi connectivity index (χ4v) is 9.29. The number of ether oxygens (including phenoxy) is 3. The van der Waals surface area contributed by atoms with Gasteiger partial charge in [0.15, 0.2) is 6.10 Å². The second-order valence-corrected chi connectivity index (χ2v) is 22.0. The second-order valence-electron chi connectivity index (χ2n) is 22.0. The molecule has 0 aliphatic carbocycles. The Morgan fingerprint density at radius 3 is 0.835 bits per heavy atom. The molecule has 0 heterocycles. The maximum absolute atomic E-state index is 12.9. The van der Waals surface area contributed by atoms with Crippen LogP contribution in [0.2, 0.25) is 0 Å². The van der Waals surface area contributed by atoms with Crippen molar-refractivity contribution < 1.29 is 28.6 Å². The molecule has 0 aromatic rings. The normalized spacial score (nSPS) is 12.8. The van der Waals surface area contributed by atoms with Gasteiger partial charge in [0.1, 0.15) is 13.2 Å². The Morgan fingerprint density at radius 1 is 0.266 bits per heavy atom. The molecule has 0 N–H and O–H groups in total. The first-order valence-electron chi connectivity index (χ1n) is 33.4. The quantitative estimate of drug-likeness (QED) is 0.0261. The maximum atomic E-state index is 12.9. The number of hydrogen-bond acceptors (Lipinski definition) is 6. The fraction of sp³-hybridized carbons (Fsp3) is 0.712. The van der Waals surface area contributed by atoms with Crippen LogP contribution in [0.1, 0.15) is 316 Å². The van der Waals surface area contributed by atoms with Gasteiger partial charge in [0.2, 0.25) is 0 Å². The Bertz CT molecular complexity index is 1590. The maximum Gasteiger partial charge on any atom is 0.306 e. The van der Waals surface area contributed by atoms with Gasteiger partial charge in [0.05, 0.1) is 0 Å². The van der Waals surface area contributed by atoms with E-state index >= 15 is 0 Å². The molecular formula is C73H124O6. The van der Waals surface area contributed by atoms with E-state index in [0.29, 0.717) is 19.3 Å². The molecule has 0 saturated heterocycles. The van der Waals surface area contributed by atoms with Crippen molar-refractivity contribution in [1.82, 2.24) is 0 Å². The number of carbonyl (C=O) groups is 3. The van der Waals surface area contributed by atoms with E-state index in [4.69, 9.17) is 14.2 Å². The smallest absolute Gasteiger partial charge is 0.306 e. The summed E-state index contributed by atoms with van der Waals surface area (Å²) in [6.07, 6.45) is 91.1. The second kappa shape index (κ2) is 66.6. The molecule has 6 nitrogen and oxygen atoms in total. The number of esters is 3. The molecule has 79 heavy (non-hydrogen) atoms. The lowest BCUT2D eigenvalue weighted by Crippen LogP contribution is -2.30. The van der Waals surface area contributed by atoms with Gasteiger partial charge in [-0.25, -0.2) is 0 Å². The summed E-state index contributed by atoms with van der Waals surface area (Å²) in [4.78, 5) is 38.3. The summed E-state index contributed by atoms with van der Waals surface area (Å²) >= 11 is 0. The summed E-state index contributed by atoms with van der Waals surface area (Å²) in [6.45, 7) is 6.47. The molecule has 0 bridgehead atoms. The summed E-state index contributed by atoms with van der Waals surface area (Å²) in [6, 6.07) is 0. The van der Waals surface area contributed by atoms with Crippen molar-refractivity contribution in [2.75, 3.05) is 13.2 Å². The highest BCUT2D eigenvalue weighted by Gasteiger charge is 2.19.